The van der Waals surface area contributed by atoms with Gasteiger partial charge in [-0.05, 0) is 18.2 Å². The summed E-state index contributed by atoms with van der Waals surface area (Å²) in [7, 11) is 1.68. The number of ketones is 1. The summed E-state index contributed by atoms with van der Waals surface area (Å²) >= 11 is 12.2. The maximum absolute atomic E-state index is 12.8. The van der Waals surface area contributed by atoms with E-state index in [-0.39, 0.29) is 5.78 Å². The van der Waals surface area contributed by atoms with Crippen molar-refractivity contribution in [2.75, 3.05) is 7.05 Å². The van der Waals surface area contributed by atoms with Crippen LogP contribution >= 0.6 is 23.2 Å². The zero-order valence-electron chi connectivity index (χ0n) is 11.6. The number of nitrogens with one attached hydrogen (secondary N) is 1. The number of benzene rings is 1. The number of pyridine rings is 1. The van der Waals surface area contributed by atoms with Crippen molar-refractivity contribution in [3.8, 4) is 0 Å². The molecule has 4 nitrogen and oxygen atoms in total. The summed E-state index contributed by atoms with van der Waals surface area (Å²) < 4.78 is 5.75. The lowest BCUT2D eigenvalue weighted by molar-refractivity contribution is -0.120. The Morgan fingerprint density at radius 2 is 2.00 bits per heavy atom. The SMILES string of the molecule is CNC1=C(c2cc(Cl)ccn2)C(=O)[C@H](c2ccccc2Cl)O1. The van der Waals surface area contributed by atoms with Crippen LogP contribution in [0.25, 0.3) is 5.57 Å². The lowest BCUT2D eigenvalue weighted by Gasteiger charge is -2.12. The molecule has 0 fully saturated rings. The molecule has 1 aromatic heterocycles. The molecule has 2 heterocycles. The number of nitrogens with zero attached hydrogens (tertiary/aromatic N) is 1. The molecule has 22 heavy (non-hydrogen) atoms. The number of Topliss-reactive ketones (excluding diaryl/α,β-unsaturated/α-hetero) is 1. The molecule has 3 rings (SSSR count). The molecule has 0 spiro atoms. The van der Waals surface area contributed by atoms with Crippen molar-refractivity contribution >= 4 is 34.6 Å². The lowest BCUT2D eigenvalue weighted by Crippen LogP contribution is -2.10. The number of ether oxygens (including phenoxy) is 1. The Kier molecular flexibility index (Phi) is 4.05. The van der Waals surface area contributed by atoms with E-state index in [0.29, 0.717) is 32.8 Å². The molecule has 0 aliphatic carbocycles. The second-order valence-corrected chi connectivity index (χ2v) is 5.54. The standard InChI is InChI=1S/C16H12Cl2N2O2/c1-19-16-13(12-8-9(17)6-7-20-12)14(21)15(22-16)10-4-2-3-5-11(10)18/h2-8,15,19H,1H3/t15-/m0/s1. The third-order valence-electron chi connectivity index (χ3n) is 3.34. The van der Waals surface area contributed by atoms with Crippen LogP contribution in [0.3, 0.4) is 0 Å². The van der Waals surface area contributed by atoms with Gasteiger partial charge in [0.25, 0.3) is 0 Å². The van der Waals surface area contributed by atoms with Crippen molar-refractivity contribution in [1.29, 1.82) is 0 Å². The highest BCUT2D eigenvalue weighted by Gasteiger charge is 2.38. The fourth-order valence-electron chi connectivity index (χ4n) is 2.33. The quantitative estimate of drug-likeness (QED) is 0.931. The average molecular weight is 335 g/mol. The van der Waals surface area contributed by atoms with E-state index in [4.69, 9.17) is 27.9 Å². The van der Waals surface area contributed by atoms with Crippen molar-refractivity contribution in [2.45, 2.75) is 6.10 Å². The zero-order chi connectivity index (χ0) is 15.7. The van der Waals surface area contributed by atoms with Gasteiger partial charge in [-0.3, -0.25) is 9.78 Å². The summed E-state index contributed by atoms with van der Waals surface area (Å²) in [6, 6.07) is 10.4. The van der Waals surface area contributed by atoms with Crippen LogP contribution < -0.4 is 5.32 Å². The van der Waals surface area contributed by atoms with E-state index in [1.54, 1.807) is 43.6 Å². The monoisotopic (exact) mass is 334 g/mol. The average Bonchev–Trinajstić information content (AvgIpc) is 2.84. The first-order valence-corrected chi connectivity index (χ1v) is 7.36. The maximum atomic E-state index is 12.8. The second kappa shape index (κ2) is 5.99. The first-order valence-electron chi connectivity index (χ1n) is 6.61. The van der Waals surface area contributed by atoms with Gasteiger partial charge < -0.3 is 10.1 Å². The minimum absolute atomic E-state index is 0.202. The molecule has 0 radical (unpaired) electrons. The Labute approximate surface area is 137 Å². The van der Waals surface area contributed by atoms with E-state index < -0.39 is 6.10 Å². The highest BCUT2D eigenvalue weighted by atomic mass is 35.5. The molecule has 6 heteroatoms. The van der Waals surface area contributed by atoms with Gasteiger partial charge in [-0.25, -0.2) is 0 Å². The molecule has 0 saturated heterocycles. The number of rotatable bonds is 3. The van der Waals surface area contributed by atoms with Gasteiger partial charge in [0, 0.05) is 28.9 Å². The molecule has 2 aromatic rings. The van der Waals surface area contributed by atoms with Gasteiger partial charge in [-0.1, -0.05) is 41.4 Å². The Morgan fingerprint density at radius 3 is 2.68 bits per heavy atom. The Morgan fingerprint density at radius 1 is 1.23 bits per heavy atom. The molecule has 0 bridgehead atoms. The zero-order valence-corrected chi connectivity index (χ0v) is 13.2. The van der Waals surface area contributed by atoms with Crippen LogP contribution in [0.2, 0.25) is 10.0 Å². The van der Waals surface area contributed by atoms with Crippen molar-refractivity contribution in [1.82, 2.24) is 10.3 Å². The van der Waals surface area contributed by atoms with Crippen molar-refractivity contribution in [3.05, 3.63) is 69.8 Å². The van der Waals surface area contributed by atoms with E-state index in [9.17, 15) is 4.79 Å². The summed E-state index contributed by atoms with van der Waals surface area (Å²) in [5.74, 6) is 0.164. The van der Waals surface area contributed by atoms with E-state index in [0.717, 1.165) is 0 Å². The molecule has 112 valence electrons. The number of carbonyl (C=O) groups is 1. The van der Waals surface area contributed by atoms with E-state index in [1.807, 2.05) is 6.07 Å². The lowest BCUT2D eigenvalue weighted by atomic mass is 10.00. The van der Waals surface area contributed by atoms with Crippen LogP contribution in [0, 0.1) is 0 Å². The van der Waals surface area contributed by atoms with Gasteiger partial charge in [0.15, 0.2) is 6.10 Å². The number of hydrogen-bond acceptors (Lipinski definition) is 4. The summed E-state index contributed by atoms with van der Waals surface area (Å²) in [4.78, 5) is 17.0. The van der Waals surface area contributed by atoms with Crippen LogP contribution in [0.1, 0.15) is 17.4 Å². The Bertz CT molecular complexity index is 774. The van der Waals surface area contributed by atoms with E-state index in [1.165, 1.54) is 0 Å². The third kappa shape index (κ3) is 2.56. The van der Waals surface area contributed by atoms with Crippen LogP contribution in [-0.2, 0) is 9.53 Å². The summed E-state index contributed by atoms with van der Waals surface area (Å²) in [5, 5.41) is 3.88. The van der Waals surface area contributed by atoms with Gasteiger partial charge in [0.05, 0.1) is 5.69 Å². The third-order valence-corrected chi connectivity index (χ3v) is 3.92. The second-order valence-electron chi connectivity index (χ2n) is 4.70. The van der Waals surface area contributed by atoms with Gasteiger partial charge in [0.1, 0.15) is 5.57 Å². The van der Waals surface area contributed by atoms with Gasteiger partial charge in [0.2, 0.25) is 11.7 Å². The Hall–Kier alpha value is -2.04. The predicted octanol–water partition coefficient (Wildman–Crippen LogP) is 3.62. The van der Waals surface area contributed by atoms with Crippen LogP contribution in [-0.4, -0.2) is 17.8 Å². The summed E-state index contributed by atoms with van der Waals surface area (Å²) in [5.41, 5.74) is 1.46. The van der Waals surface area contributed by atoms with Gasteiger partial charge >= 0.3 is 0 Å². The molecule has 1 aromatic carbocycles. The van der Waals surface area contributed by atoms with E-state index in [2.05, 4.69) is 10.3 Å². The van der Waals surface area contributed by atoms with Gasteiger partial charge in [-0.2, -0.15) is 0 Å². The summed E-state index contributed by atoms with van der Waals surface area (Å²) in [6.07, 6.45) is 0.764. The predicted molar refractivity (Wildman–Crippen MR) is 85.5 cm³/mol. The molecular formula is C16H12Cl2N2O2. The fraction of sp³-hybridized carbons (Fsp3) is 0.125. The fourth-order valence-corrected chi connectivity index (χ4v) is 2.73. The highest BCUT2D eigenvalue weighted by Crippen LogP contribution is 2.38. The molecule has 0 unspecified atom stereocenters. The first-order chi connectivity index (χ1) is 10.6. The largest absolute Gasteiger partial charge is 0.462 e. The first kappa shape index (κ1) is 14.9. The molecule has 1 aliphatic rings. The molecule has 1 aliphatic heterocycles. The van der Waals surface area contributed by atoms with Crippen LogP contribution in [0.15, 0.2) is 48.5 Å². The Balaban J connectivity index is 2.04. The number of carbonyl (C=O) groups excluding carboxylic acids is 1. The van der Waals surface area contributed by atoms with Gasteiger partial charge in [-0.15, -0.1) is 0 Å². The van der Waals surface area contributed by atoms with E-state index >= 15 is 0 Å². The number of aromatic nitrogens is 1. The topological polar surface area (TPSA) is 51.2 Å². The smallest absolute Gasteiger partial charge is 0.215 e. The minimum Gasteiger partial charge on any atom is -0.462 e. The molecule has 1 N–H and O–H groups in total. The number of halogens is 2. The normalized spacial score (nSPS) is 17.6. The minimum atomic E-state index is -0.785. The maximum Gasteiger partial charge on any atom is 0.215 e. The van der Waals surface area contributed by atoms with Crippen LogP contribution in [0.4, 0.5) is 0 Å². The van der Waals surface area contributed by atoms with Crippen molar-refractivity contribution in [2.24, 2.45) is 0 Å². The highest BCUT2D eigenvalue weighted by molar-refractivity contribution is 6.33. The van der Waals surface area contributed by atoms with Crippen LogP contribution in [0.5, 0.6) is 0 Å². The molecule has 0 saturated carbocycles. The molecular weight excluding hydrogens is 323 g/mol. The number of hydrogen-bond donors (Lipinski definition) is 1. The summed E-state index contributed by atoms with van der Waals surface area (Å²) in [6.45, 7) is 0. The van der Waals surface area contributed by atoms with Crippen molar-refractivity contribution < 1.29 is 9.53 Å². The molecule has 1 atom stereocenters. The van der Waals surface area contributed by atoms with Crippen molar-refractivity contribution in [3.63, 3.8) is 0 Å². The molecule has 0 amide bonds.